The third-order valence-electron chi connectivity index (χ3n) is 1.38. The molecule has 0 aliphatic rings. The maximum Gasteiger partial charge on any atom is 0.126 e. The summed E-state index contributed by atoms with van der Waals surface area (Å²) in [7, 11) is 0. The minimum Gasteiger partial charge on any atom is -0.312 e. The van der Waals surface area contributed by atoms with Gasteiger partial charge in [0.2, 0.25) is 0 Å². The van der Waals surface area contributed by atoms with Crippen molar-refractivity contribution in [3.8, 4) is 6.07 Å². The summed E-state index contributed by atoms with van der Waals surface area (Å²) in [5.74, 6) is -1.45. The Morgan fingerprint density at radius 3 is 2.17 bits per heavy atom. The number of nitrogens with two attached hydrogens (primary N) is 1. The van der Waals surface area contributed by atoms with Gasteiger partial charge in [-0.15, -0.1) is 0 Å². The van der Waals surface area contributed by atoms with Gasteiger partial charge in [0, 0.05) is 6.07 Å². The zero-order valence-electron chi connectivity index (χ0n) is 6.09. The van der Waals surface area contributed by atoms with E-state index in [1.54, 1.807) is 6.07 Å². The Morgan fingerprint density at radius 1 is 1.25 bits per heavy atom. The lowest BCUT2D eigenvalue weighted by molar-refractivity contribution is 0.578. The second kappa shape index (κ2) is 3.28. The van der Waals surface area contributed by atoms with E-state index in [0.29, 0.717) is 0 Å². The predicted molar refractivity (Wildman–Crippen MR) is 38.9 cm³/mol. The Labute approximate surface area is 68.2 Å². The Morgan fingerprint density at radius 2 is 1.75 bits per heavy atom. The molecule has 0 aliphatic carbocycles. The number of halogens is 2. The highest BCUT2D eigenvalue weighted by atomic mass is 19.1. The molecule has 0 aliphatic heterocycles. The lowest BCUT2D eigenvalue weighted by Crippen LogP contribution is -2.07. The zero-order chi connectivity index (χ0) is 9.14. The highest BCUT2D eigenvalue weighted by Gasteiger charge is 2.06. The van der Waals surface area contributed by atoms with Gasteiger partial charge in [-0.2, -0.15) is 5.26 Å². The maximum absolute atomic E-state index is 12.5. The van der Waals surface area contributed by atoms with Crippen LogP contribution in [-0.4, -0.2) is 0 Å². The minimum absolute atomic E-state index is 0.148. The molecule has 4 heteroatoms. The molecule has 0 bridgehead atoms. The summed E-state index contributed by atoms with van der Waals surface area (Å²) in [6.45, 7) is 0. The first kappa shape index (κ1) is 8.62. The molecular weight excluding hydrogens is 162 g/mol. The Hall–Kier alpha value is -1.47. The van der Waals surface area contributed by atoms with E-state index in [1.807, 2.05) is 0 Å². The summed E-state index contributed by atoms with van der Waals surface area (Å²) in [6.07, 6.45) is 0. The van der Waals surface area contributed by atoms with Crippen molar-refractivity contribution in [1.29, 1.82) is 5.26 Å². The van der Waals surface area contributed by atoms with Crippen LogP contribution in [0.5, 0.6) is 0 Å². The molecule has 0 fully saturated rings. The van der Waals surface area contributed by atoms with Gasteiger partial charge < -0.3 is 5.73 Å². The molecule has 1 rings (SSSR count). The van der Waals surface area contributed by atoms with Crippen LogP contribution in [0.4, 0.5) is 8.78 Å². The molecule has 0 radical (unpaired) electrons. The molecule has 0 amide bonds. The third-order valence-corrected chi connectivity index (χ3v) is 1.38. The van der Waals surface area contributed by atoms with Gasteiger partial charge in [0.05, 0.1) is 6.07 Å². The van der Waals surface area contributed by atoms with Crippen LogP contribution in [0.1, 0.15) is 11.6 Å². The number of hydrogen-bond donors (Lipinski definition) is 1. The highest BCUT2D eigenvalue weighted by molar-refractivity contribution is 5.24. The summed E-state index contributed by atoms with van der Waals surface area (Å²) >= 11 is 0. The van der Waals surface area contributed by atoms with E-state index in [4.69, 9.17) is 11.0 Å². The van der Waals surface area contributed by atoms with E-state index >= 15 is 0 Å². The van der Waals surface area contributed by atoms with Gasteiger partial charge in [-0.3, -0.25) is 0 Å². The number of nitrogens with zero attached hydrogens (tertiary/aromatic N) is 1. The molecule has 1 atom stereocenters. The fourth-order valence-corrected chi connectivity index (χ4v) is 0.829. The van der Waals surface area contributed by atoms with Gasteiger partial charge in [0.15, 0.2) is 0 Å². The normalized spacial score (nSPS) is 12.2. The van der Waals surface area contributed by atoms with Crippen molar-refractivity contribution in [3.63, 3.8) is 0 Å². The van der Waals surface area contributed by atoms with Crippen LogP contribution >= 0.6 is 0 Å². The summed E-state index contributed by atoms with van der Waals surface area (Å²) < 4.78 is 25.0. The zero-order valence-corrected chi connectivity index (χ0v) is 6.09. The molecule has 1 aromatic rings. The van der Waals surface area contributed by atoms with Crippen LogP contribution in [0, 0.1) is 23.0 Å². The highest BCUT2D eigenvalue weighted by Crippen LogP contribution is 2.13. The standard InChI is InChI=1S/C8H6F2N2/c9-6-1-5(8(12)4-11)2-7(10)3-6/h1-3,8H,12H2. The summed E-state index contributed by atoms with van der Waals surface area (Å²) in [5, 5.41) is 8.35. The smallest absolute Gasteiger partial charge is 0.126 e. The second-order valence-electron chi connectivity index (χ2n) is 2.31. The van der Waals surface area contributed by atoms with Crippen LogP contribution in [0.3, 0.4) is 0 Å². The van der Waals surface area contributed by atoms with Gasteiger partial charge in [0.25, 0.3) is 0 Å². The number of benzene rings is 1. The molecule has 1 aromatic carbocycles. The monoisotopic (exact) mass is 168 g/mol. The van der Waals surface area contributed by atoms with Gasteiger partial charge in [0.1, 0.15) is 17.7 Å². The first-order valence-electron chi connectivity index (χ1n) is 3.24. The van der Waals surface area contributed by atoms with E-state index in [9.17, 15) is 8.78 Å². The largest absolute Gasteiger partial charge is 0.312 e. The third kappa shape index (κ3) is 1.77. The number of hydrogen-bond acceptors (Lipinski definition) is 2. The lowest BCUT2D eigenvalue weighted by Gasteiger charge is -2.02. The number of rotatable bonds is 1. The molecular formula is C8H6F2N2. The van der Waals surface area contributed by atoms with Crippen LogP contribution < -0.4 is 5.73 Å². The molecule has 0 heterocycles. The van der Waals surface area contributed by atoms with Crippen molar-refractivity contribution in [1.82, 2.24) is 0 Å². The van der Waals surface area contributed by atoms with Gasteiger partial charge in [-0.05, 0) is 17.7 Å². The van der Waals surface area contributed by atoms with Gasteiger partial charge >= 0.3 is 0 Å². The molecule has 0 saturated heterocycles. The second-order valence-corrected chi connectivity index (χ2v) is 2.31. The average molecular weight is 168 g/mol. The minimum atomic E-state index is -0.977. The number of nitriles is 1. The van der Waals surface area contributed by atoms with Crippen molar-refractivity contribution in [2.45, 2.75) is 6.04 Å². The van der Waals surface area contributed by atoms with E-state index in [1.165, 1.54) is 0 Å². The molecule has 0 aromatic heterocycles. The summed E-state index contributed by atoms with van der Waals surface area (Å²) in [4.78, 5) is 0. The summed E-state index contributed by atoms with van der Waals surface area (Å²) in [6, 6.07) is 3.51. The first-order chi connectivity index (χ1) is 5.63. The molecule has 1 unspecified atom stereocenters. The van der Waals surface area contributed by atoms with E-state index in [-0.39, 0.29) is 5.56 Å². The van der Waals surface area contributed by atoms with Gasteiger partial charge in [-0.25, -0.2) is 8.78 Å². The predicted octanol–water partition coefficient (Wildman–Crippen LogP) is 1.49. The lowest BCUT2D eigenvalue weighted by atomic mass is 10.1. The molecule has 0 spiro atoms. The van der Waals surface area contributed by atoms with Crippen molar-refractivity contribution >= 4 is 0 Å². The van der Waals surface area contributed by atoms with Crippen molar-refractivity contribution in [2.75, 3.05) is 0 Å². The quantitative estimate of drug-likeness (QED) is 0.690. The van der Waals surface area contributed by atoms with Crippen LogP contribution in [0.25, 0.3) is 0 Å². The average Bonchev–Trinajstić information content (AvgIpc) is 2.01. The van der Waals surface area contributed by atoms with E-state index in [2.05, 4.69) is 0 Å². The molecule has 12 heavy (non-hydrogen) atoms. The first-order valence-corrected chi connectivity index (χ1v) is 3.24. The maximum atomic E-state index is 12.5. The van der Waals surface area contributed by atoms with Crippen LogP contribution in [-0.2, 0) is 0 Å². The summed E-state index contributed by atoms with van der Waals surface area (Å²) in [5.41, 5.74) is 5.39. The van der Waals surface area contributed by atoms with Crippen molar-refractivity contribution in [3.05, 3.63) is 35.4 Å². The van der Waals surface area contributed by atoms with E-state index < -0.39 is 17.7 Å². The fraction of sp³-hybridized carbons (Fsp3) is 0.125. The SMILES string of the molecule is N#CC(N)c1cc(F)cc(F)c1. The fourth-order valence-electron chi connectivity index (χ4n) is 0.829. The molecule has 2 N–H and O–H groups in total. The molecule has 2 nitrogen and oxygen atoms in total. The van der Waals surface area contributed by atoms with Crippen molar-refractivity contribution in [2.24, 2.45) is 5.73 Å². The molecule has 0 saturated carbocycles. The Balaban J connectivity index is 3.10. The van der Waals surface area contributed by atoms with Crippen LogP contribution in [0.2, 0.25) is 0 Å². The topological polar surface area (TPSA) is 49.8 Å². The molecule has 62 valence electrons. The Kier molecular flexibility index (Phi) is 2.36. The van der Waals surface area contributed by atoms with E-state index in [0.717, 1.165) is 18.2 Å². The van der Waals surface area contributed by atoms with Crippen LogP contribution in [0.15, 0.2) is 18.2 Å². The Bertz CT molecular complexity index is 310. The van der Waals surface area contributed by atoms with Crippen molar-refractivity contribution < 1.29 is 8.78 Å². The van der Waals surface area contributed by atoms with Gasteiger partial charge in [-0.1, -0.05) is 0 Å².